The van der Waals surface area contributed by atoms with Gasteiger partial charge in [0, 0.05) is 19.2 Å². The fourth-order valence-electron chi connectivity index (χ4n) is 1.75. The van der Waals surface area contributed by atoms with Crippen LogP contribution in [0.3, 0.4) is 0 Å². The van der Waals surface area contributed by atoms with Crippen LogP contribution in [0.15, 0.2) is 15.8 Å². The summed E-state index contributed by atoms with van der Waals surface area (Å²) in [6.07, 6.45) is 1.04. The van der Waals surface area contributed by atoms with Gasteiger partial charge in [-0.15, -0.1) is 0 Å². The van der Waals surface area contributed by atoms with Crippen LogP contribution in [0.1, 0.15) is 16.8 Å². The maximum Gasteiger partial charge on any atom is 0.331 e. The van der Waals surface area contributed by atoms with Crippen LogP contribution in [0, 0.1) is 0 Å². The Morgan fingerprint density at radius 2 is 2.16 bits per heavy atom. The summed E-state index contributed by atoms with van der Waals surface area (Å²) in [5.74, 6) is -2.12. The van der Waals surface area contributed by atoms with Crippen molar-refractivity contribution in [1.29, 1.82) is 0 Å². The summed E-state index contributed by atoms with van der Waals surface area (Å²) in [5, 5.41) is 11.4. The van der Waals surface area contributed by atoms with Gasteiger partial charge in [-0.05, 0) is 0 Å². The molecule has 0 aliphatic carbocycles. The highest BCUT2D eigenvalue weighted by molar-refractivity contribution is 5.97. The Labute approximate surface area is 105 Å². The first-order valence-electron chi connectivity index (χ1n) is 5.40. The zero-order valence-electron chi connectivity index (χ0n) is 9.69. The molecule has 0 bridgehead atoms. The third-order valence-corrected chi connectivity index (χ3v) is 2.85. The summed E-state index contributed by atoms with van der Waals surface area (Å²) in [7, 11) is 0. The van der Waals surface area contributed by atoms with Crippen LogP contribution in [0.4, 0.5) is 0 Å². The number of carboxylic acids is 1. The standard InChI is InChI=1S/C10H11N3O6/c14-6-5(3-11-9(18)12-6)7(15)13-10(8(16)17)1-2-19-4-10/h3H,1-2,4H2,(H,13,15)(H,16,17)(H2,11,12,14,18). The Morgan fingerprint density at radius 3 is 2.68 bits per heavy atom. The van der Waals surface area contributed by atoms with Gasteiger partial charge >= 0.3 is 11.7 Å². The van der Waals surface area contributed by atoms with E-state index in [1.807, 2.05) is 4.98 Å². The number of rotatable bonds is 3. The normalized spacial score (nSPS) is 22.1. The Kier molecular flexibility index (Phi) is 3.21. The first kappa shape index (κ1) is 13.0. The van der Waals surface area contributed by atoms with E-state index in [1.165, 1.54) is 0 Å². The number of carboxylic acid groups (broad SMARTS) is 1. The smallest absolute Gasteiger partial charge is 0.331 e. The molecule has 9 nitrogen and oxygen atoms in total. The molecule has 0 aromatic carbocycles. The number of aromatic nitrogens is 2. The van der Waals surface area contributed by atoms with Gasteiger partial charge in [0.25, 0.3) is 11.5 Å². The largest absolute Gasteiger partial charge is 0.479 e. The average Bonchev–Trinajstić information content (AvgIpc) is 2.78. The molecule has 1 saturated heterocycles. The zero-order valence-corrected chi connectivity index (χ0v) is 9.69. The molecule has 0 radical (unpaired) electrons. The molecule has 1 fully saturated rings. The van der Waals surface area contributed by atoms with Crippen LogP contribution >= 0.6 is 0 Å². The zero-order chi connectivity index (χ0) is 14.0. The predicted octanol–water partition coefficient (Wildman–Crippen LogP) is -1.96. The molecule has 102 valence electrons. The van der Waals surface area contributed by atoms with Crippen molar-refractivity contribution in [1.82, 2.24) is 15.3 Å². The summed E-state index contributed by atoms with van der Waals surface area (Å²) in [6, 6.07) is 0. The van der Waals surface area contributed by atoms with Gasteiger partial charge in [0.05, 0.1) is 6.61 Å². The minimum atomic E-state index is -1.54. The van der Waals surface area contributed by atoms with Gasteiger partial charge in [-0.2, -0.15) is 0 Å². The SMILES string of the molecule is O=C(NC1(C(=O)O)CCOC1)c1c[nH]c(=O)[nH]c1=O. The van der Waals surface area contributed by atoms with Crippen molar-refractivity contribution in [3.05, 3.63) is 32.6 Å². The molecule has 0 saturated carbocycles. The number of hydrogen-bond donors (Lipinski definition) is 4. The molecule has 19 heavy (non-hydrogen) atoms. The third-order valence-electron chi connectivity index (χ3n) is 2.85. The van der Waals surface area contributed by atoms with Gasteiger partial charge < -0.3 is 20.1 Å². The molecular weight excluding hydrogens is 258 g/mol. The average molecular weight is 269 g/mol. The molecule has 2 rings (SSSR count). The molecule has 1 aliphatic heterocycles. The highest BCUT2D eigenvalue weighted by Gasteiger charge is 2.44. The van der Waals surface area contributed by atoms with Gasteiger partial charge in [-0.1, -0.05) is 0 Å². The van der Waals surface area contributed by atoms with Crippen molar-refractivity contribution in [3.63, 3.8) is 0 Å². The number of ether oxygens (including phenoxy) is 1. The van der Waals surface area contributed by atoms with Gasteiger partial charge in [0.15, 0.2) is 5.54 Å². The quantitative estimate of drug-likeness (QED) is 0.502. The number of aliphatic carboxylic acids is 1. The molecule has 1 unspecified atom stereocenters. The lowest BCUT2D eigenvalue weighted by molar-refractivity contribution is -0.144. The number of carbonyl (C=O) groups excluding carboxylic acids is 1. The molecule has 9 heteroatoms. The van der Waals surface area contributed by atoms with Crippen LogP contribution in [0.5, 0.6) is 0 Å². The maximum absolute atomic E-state index is 11.9. The van der Waals surface area contributed by atoms with Gasteiger partial charge in [0.1, 0.15) is 5.56 Å². The number of hydrogen-bond acceptors (Lipinski definition) is 5. The molecule has 1 aliphatic rings. The highest BCUT2D eigenvalue weighted by Crippen LogP contribution is 2.19. The van der Waals surface area contributed by atoms with E-state index in [4.69, 9.17) is 9.84 Å². The Morgan fingerprint density at radius 1 is 1.42 bits per heavy atom. The van der Waals surface area contributed by atoms with Crippen LogP contribution in [-0.2, 0) is 9.53 Å². The van der Waals surface area contributed by atoms with E-state index < -0.39 is 28.7 Å². The van der Waals surface area contributed by atoms with Crippen molar-refractivity contribution >= 4 is 11.9 Å². The van der Waals surface area contributed by atoms with E-state index in [1.54, 1.807) is 0 Å². The first-order chi connectivity index (χ1) is 8.94. The minimum absolute atomic E-state index is 0.106. The Hall–Kier alpha value is -2.42. The van der Waals surface area contributed by atoms with Crippen LogP contribution in [0.2, 0.25) is 0 Å². The van der Waals surface area contributed by atoms with Crippen LogP contribution < -0.4 is 16.6 Å². The molecule has 0 spiro atoms. The molecule has 1 aromatic rings. The lowest BCUT2D eigenvalue weighted by atomic mass is 9.98. The minimum Gasteiger partial charge on any atom is -0.479 e. The second-order valence-corrected chi connectivity index (χ2v) is 4.13. The summed E-state index contributed by atoms with van der Waals surface area (Å²) in [6.45, 7) is 0.0316. The topological polar surface area (TPSA) is 141 Å². The summed E-state index contributed by atoms with van der Waals surface area (Å²) in [5.41, 5.74) is -3.55. The summed E-state index contributed by atoms with van der Waals surface area (Å²) >= 11 is 0. The molecule has 2 heterocycles. The number of amides is 1. The summed E-state index contributed by atoms with van der Waals surface area (Å²) < 4.78 is 4.97. The van der Waals surface area contributed by atoms with Crippen molar-refractivity contribution in [2.75, 3.05) is 13.2 Å². The number of H-pyrrole nitrogens is 2. The van der Waals surface area contributed by atoms with Gasteiger partial charge in [-0.3, -0.25) is 14.6 Å². The monoisotopic (exact) mass is 269 g/mol. The second kappa shape index (κ2) is 4.69. The number of aromatic amines is 2. The van der Waals surface area contributed by atoms with E-state index in [2.05, 4.69) is 10.3 Å². The highest BCUT2D eigenvalue weighted by atomic mass is 16.5. The second-order valence-electron chi connectivity index (χ2n) is 4.13. The van der Waals surface area contributed by atoms with Gasteiger partial charge in [-0.25, -0.2) is 9.59 Å². The van der Waals surface area contributed by atoms with Crippen molar-refractivity contribution in [2.24, 2.45) is 0 Å². The maximum atomic E-state index is 11.9. The number of nitrogens with one attached hydrogen (secondary N) is 3. The molecule has 1 atom stereocenters. The van der Waals surface area contributed by atoms with E-state index >= 15 is 0 Å². The number of carbonyl (C=O) groups is 2. The fourth-order valence-corrected chi connectivity index (χ4v) is 1.75. The molecule has 1 aromatic heterocycles. The Balaban J connectivity index is 2.27. The lowest BCUT2D eigenvalue weighted by Crippen LogP contribution is -2.56. The van der Waals surface area contributed by atoms with E-state index in [9.17, 15) is 19.2 Å². The van der Waals surface area contributed by atoms with Crippen LogP contribution in [0.25, 0.3) is 0 Å². The molecular formula is C10H11N3O6. The molecule has 4 N–H and O–H groups in total. The van der Waals surface area contributed by atoms with E-state index in [-0.39, 0.29) is 25.2 Å². The van der Waals surface area contributed by atoms with E-state index in [0.29, 0.717) is 0 Å². The fraction of sp³-hybridized carbons (Fsp3) is 0.400. The van der Waals surface area contributed by atoms with E-state index in [0.717, 1.165) is 6.20 Å². The predicted molar refractivity (Wildman–Crippen MR) is 61.0 cm³/mol. The summed E-state index contributed by atoms with van der Waals surface area (Å²) in [4.78, 5) is 49.3. The lowest BCUT2D eigenvalue weighted by Gasteiger charge is -2.23. The van der Waals surface area contributed by atoms with Gasteiger partial charge in [0.2, 0.25) is 0 Å². The Bertz CT molecular complexity index is 625. The first-order valence-corrected chi connectivity index (χ1v) is 5.40. The van der Waals surface area contributed by atoms with Crippen molar-refractivity contribution in [3.8, 4) is 0 Å². The van der Waals surface area contributed by atoms with Crippen molar-refractivity contribution < 1.29 is 19.4 Å². The third kappa shape index (κ3) is 2.40. The molecule has 1 amide bonds. The van der Waals surface area contributed by atoms with Crippen molar-refractivity contribution in [2.45, 2.75) is 12.0 Å². The van der Waals surface area contributed by atoms with Crippen LogP contribution in [-0.4, -0.2) is 45.7 Å².